The average molecular weight is 321 g/mol. The maximum absolute atomic E-state index is 13.9. The van der Waals surface area contributed by atoms with Crippen LogP contribution in [0.25, 0.3) is 6.08 Å². The van der Waals surface area contributed by atoms with Crippen LogP contribution < -0.4 is 10.1 Å². The Morgan fingerprint density at radius 3 is 2.39 bits per heavy atom. The van der Waals surface area contributed by atoms with Gasteiger partial charge in [0.05, 0.1) is 18.3 Å². The van der Waals surface area contributed by atoms with Crippen LogP contribution in [0.1, 0.15) is 33.3 Å². The summed E-state index contributed by atoms with van der Waals surface area (Å²) in [6.07, 6.45) is 1.86. The molecule has 1 N–H and O–H groups in total. The molecule has 1 aliphatic heterocycles. The second-order valence-corrected chi connectivity index (χ2v) is 6.70. The Kier molecular flexibility index (Phi) is 5.18. The zero-order valence-electron chi connectivity index (χ0n) is 14.7. The lowest BCUT2D eigenvalue weighted by molar-refractivity contribution is 0.00578. The molecule has 1 aromatic rings. The van der Waals surface area contributed by atoms with E-state index in [9.17, 15) is 4.39 Å². The van der Waals surface area contributed by atoms with Crippen molar-refractivity contribution < 1.29 is 18.4 Å². The first kappa shape index (κ1) is 18.0. The second kappa shape index (κ2) is 6.63. The molecule has 0 radical (unpaired) electrons. The van der Waals surface area contributed by atoms with Crippen LogP contribution in [0.5, 0.6) is 5.75 Å². The van der Waals surface area contributed by atoms with Crippen LogP contribution in [0.15, 0.2) is 23.7 Å². The summed E-state index contributed by atoms with van der Waals surface area (Å²) in [5.74, 6) is -0.170. The van der Waals surface area contributed by atoms with Gasteiger partial charge in [0.25, 0.3) is 0 Å². The molecule has 0 atom stereocenters. The number of hydrogen-bond donors (Lipinski definition) is 1. The van der Waals surface area contributed by atoms with Gasteiger partial charge in [0, 0.05) is 12.1 Å². The largest absolute Gasteiger partial charge is 0.493 e. The number of benzene rings is 1. The Morgan fingerprint density at radius 2 is 1.87 bits per heavy atom. The monoisotopic (exact) mass is 321 g/mol. The van der Waals surface area contributed by atoms with E-state index in [4.69, 9.17) is 14.0 Å². The molecular weight excluding hydrogens is 296 g/mol. The van der Waals surface area contributed by atoms with Crippen LogP contribution in [-0.4, -0.2) is 39.0 Å². The molecule has 4 nitrogen and oxygen atoms in total. The van der Waals surface area contributed by atoms with Crippen LogP contribution in [0.4, 0.5) is 4.39 Å². The Balaban J connectivity index is 2.39. The maximum Gasteiger partial charge on any atom is 0.491 e. The van der Waals surface area contributed by atoms with Crippen LogP contribution >= 0.6 is 0 Å². The van der Waals surface area contributed by atoms with Crippen molar-refractivity contribution in [1.29, 1.82) is 0 Å². The molecule has 0 aromatic heterocycles. The van der Waals surface area contributed by atoms with E-state index in [1.165, 1.54) is 13.2 Å². The quantitative estimate of drug-likeness (QED) is 0.846. The van der Waals surface area contributed by atoms with Gasteiger partial charge in [-0.05, 0) is 46.3 Å². The van der Waals surface area contributed by atoms with Gasteiger partial charge in [-0.25, -0.2) is 4.39 Å². The standard InChI is InChI=1S/C17H25BFNO3/c1-16(2)17(3,4)23-18(22-16)13(11-20-5)10-12-8-7-9-14(19)15(12)21-6/h7-10,20H,11H2,1-6H3. The van der Waals surface area contributed by atoms with E-state index in [0.717, 1.165) is 5.47 Å². The van der Waals surface area contributed by atoms with Gasteiger partial charge in [-0.2, -0.15) is 0 Å². The lowest BCUT2D eigenvalue weighted by Gasteiger charge is -2.32. The number of para-hydroxylation sites is 1. The molecule has 0 spiro atoms. The molecule has 1 saturated heterocycles. The highest BCUT2D eigenvalue weighted by Crippen LogP contribution is 2.39. The number of rotatable bonds is 5. The first-order chi connectivity index (χ1) is 10.7. The molecule has 1 heterocycles. The van der Waals surface area contributed by atoms with E-state index in [0.29, 0.717) is 12.1 Å². The Morgan fingerprint density at radius 1 is 1.26 bits per heavy atom. The van der Waals surface area contributed by atoms with Crippen LogP contribution in [0.3, 0.4) is 0 Å². The maximum atomic E-state index is 13.9. The molecule has 1 aliphatic rings. The van der Waals surface area contributed by atoms with E-state index in [2.05, 4.69) is 5.32 Å². The lowest BCUT2D eigenvalue weighted by atomic mass is 9.77. The number of halogens is 1. The Bertz CT molecular complexity index is 586. The topological polar surface area (TPSA) is 39.7 Å². The summed E-state index contributed by atoms with van der Waals surface area (Å²) in [5, 5.41) is 3.11. The Labute approximate surface area is 138 Å². The third kappa shape index (κ3) is 3.60. The van der Waals surface area contributed by atoms with E-state index < -0.39 is 18.3 Å². The van der Waals surface area contributed by atoms with Crippen molar-refractivity contribution in [3.8, 4) is 5.75 Å². The van der Waals surface area contributed by atoms with Gasteiger partial charge in [0.1, 0.15) is 0 Å². The number of hydrogen-bond acceptors (Lipinski definition) is 4. The molecule has 0 aliphatic carbocycles. The van der Waals surface area contributed by atoms with Gasteiger partial charge in [-0.3, -0.25) is 0 Å². The van der Waals surface area contributed by atoms with Gasteiger partial charge < -0.3 is 19.4 Å². The van der Waals surface area contributed by atoms with Crippen molar-refractivity contribution in [1.82, 2.24) is 5.32 Å². The van der Waals surface area contributed by atoms with Gasteiger partial charge in [0.2, 0.25) is 0 Å². The van der Waals surface area contributed by atoms with Gasteiger partial charge in [-0.1, -0.05) is 18.2 Å². The summed E-state index contributed by atoms with van der Waals surface area (Å²) in [5.41, 5.74) is 0.704. The van der Waals surface area contributed by atoms with E-state index in [1.807, 2.05) is 46.9 Å². The van der Waals surface area contributed by atoms with Crippen LogP contribution in [0.2, 0.25) is 0 Å². The van der Waals surface area contributed by atoms with Gasteiger partial charge in [0.15, 0.2) is 11.6 Å². The number of methoxy groups -OCH3 is 1. The SMILES string of the molecule is CNCC(=Cc1cccc(F)c1OC)B1OC(C)(C)C(C)(C)O1. The molecule has 23 heavy (non-hydrogen) atoms. The highest BCUT2D eigenvalue weighted by atomic mass is 19.1. The van der Waals surface area contributed by atoms with Crippen molar-refractivity contribution in [2.24, 2.45) is 0 Å². The third-order valence-electron chi connectivity index (χ3n) is 4.48. The fourth-order valence-electron chi connectivity index (χ4n) is 2.46. The molecule has 0 saturated carbocycles. The molecule has 2 rings (SSSR count). The van der Waals surface area contributed by atoms with Crippen molar-refractivity contribution in [3.63, 3.8) is 0 Å². The predicted octanol–water partition coefficient (Wildman–Crippen LogP) is 3.07. The first-order valence-electron chi connectivity index (χ1n) is 7.75. The number of ether oxygens (including phenoxy) is 1. The molecule has 0 unspecified atom stereocenters. The number of likely N-dealkylation sites (N-methyl/N-ethyl adjacent to an activating group) is 1. The van der Waals surface area contributed by atoms with Crippen molar-refractivity contribution in [2.75, 3.05) is 20.7 Å². The molecule has 0 amide bonds. The summed E-state index contributed by atoms with van der Waals surface area (Å²) in [6, 6.07) is 4.84. The average Bonchev–Trinajstić information content (AvgIpc) is 2.67. The fraction of sp³-hybridized carbons (Fsp3) is 0.529. The van der Waals surface area contributed by atoms with E-state index in [-0.39, 0.29) is 11.6 Å². The predicted molar refractivity (Wildman–Crippen MR) is 90.9 cm³/mol. The molecule has 1 aromatic carbocycles. The third-order valence-corrected chi connectivity index (χ3v) is 4.48. The fourth-order valence-corrected chi connectivity index (χ4v) is 2.46. The van der Waals surface area contributed by atoms with Crippen molar-refractivity contribution in [2.45, 2.75) is 38.9 Å². The van der Waals surface area contributed by atoms with Crippen molar-refractivity contribution in [3.05, 3.63) is 35.1 Å². The first-order valence-corrected chi connectivity index (χ1v) is 7.75. The van der Waals surface area contributed by atoms with Crippen LogP contribution in [-0.2, 0) is 9.31 Å². The highest BCUT2D eigenvalue weighted by molar-refractivity contribution is 6.56. The lowest BCUT2D eigenvalue weighted by Crippen LogP contribution is -2.41. The Hall–Kier alpha value is -1.37. The summed E-state index contributed by atoms with van der Waals surface area (Å²) < 4.78 is 31.2. The molecule has 0 bridgehead atoms. The smallest absolute Gasteiger partial charge is 0.491 e. The normalized spacial score (nSPS) is 20.0. The zero-order valence-corrected chi connectivity index (χ0v) is 14.7. The summed E-state index contributed by atoms with van der Waals surface area (Å²) >= 11 is 0. The molecule has 1 fully saturated rings. The minimum Gasteiger partial charge on any atom is -0.493 e. The molecule has 126 valence electrons. The summed E-state index contributed by atoms with van der Waals surface area (Å²) in [6.45, 7) is 8.59. The molecule has 6 heteroatoms. The second-order valence-electron chi connectivity index (χ2n) is 6.70. The van der Waals surface area contributed by atoms with E-state index in [1.54, 1.807) is 6.07 Å². The van der Waals surface area contributed by atoms with Crippen LogP contribution in [0, 0.1) is 5.82 Å². The van der Waals surface area contributed by atoms with Crippen molar-refractivity contribution >= 4 is 13.2 Å². The zero-order chi connectivity index (χ0) is 17.3. The van der Waals surface area contributed by atoms with Gasteiger partial charge in [-0.15, -0.1) is 0 Å². The number of nitrogens with one attached hydrogen (secondary N) is 1. The minimum absolute atomic E-state index is 0.220. The van der Waals surface area contributed by atoms with Gasteiger partial charge >= 0.3 is 7.12 Å². The van der Waals surface area contributed by atoms with E-state index >= 15 is 0 Å². The summed E-state index contributed by atoms with van der Waals surface area (Å²) in [4.78, 5) is 0. The summed E-state index contributed by atoms with van der Waals surface area (Å²) in [7, 11) is 2.82. The molecular formula is C17H25BFNO3. The highest BCUT2D eigenvalue weighted by Gasteiger charge is 2.52. The minimum atomic E-state index is -0.486.